The lowest BCUT2D eigenvalue weighted by atomic mass is 9.86. The SMILES string of the molecule is CCON=C1C(Cl)=CC=C(C(=O)c2cnn(CC)c2O)C1(C)Cl. The van der Waals surface area contributed by atoms with Gasteiger partial charge in [-0.2, -0.15) is 5.10 Å². The van der Waals surface area contributed by atoms with E-state index in [0.29, 0.717) is 18.2 Å². The maximum Gasteiger partial charge on any atom is 0.220 e. The van der Waals surface area contributed by atoms with Crippen molar-refractivity contribution >= 4 is 34.7 Å². The molecule has 0 spiro atoms. The van der Waals surface area contributed by atoms with Gasteiger partial charge in [-0.3, -0.25) is 4.79 Å². The summed E-state index contributed by atoms with van der Waals surface area (Å²) < 4.78 is 1.32. The third-order valence-corrected chi connectivity index (χ3v) is 4.15. The molecule has 0 bridgehead atoms. The Hall–Kier alpha value is -1.79. The average molecular weight is 358 g/mol. The second-order valence-electron chi connectivity index (χ2n) is 4.98. The highest BCUT2D eigenvalue weighted by Gasteiger charge is 2.41. The van der Waals surface area contributed by atoms with Crippen LogP contribution in [0.4, 0.5) is 0 Å². The van der Waals surface area contributed by atoms with Crippen LogP contribution in [-0.2, 0) is 11.4 Å². The van der Waals surface area contributed by atoms with E-state index < -0.39 is 10.7 Å². The van der Waals surface area contributed by atoms with E-state index in [-0.39, 0.29) is 22.7 Å². The van der Waals surface area contributed by atoms with Crippen molar-refractivity contribution < 1.29 is 14.7 Å². The van der Waals surface area contributed by atoms with Gasteiger partial charge in [0, 0.05) is 12.1 Å². The summed E-state index contributed by atoms with van der Waals surface area (Å²) in [6, 6.07) is 0. The molecule has 2 rings (SSSR count). The number of Topliss-reactive ketones (excluding diaryl/α,β-unsaturated/α-hetero) is 1. The number of nitrogens with zero attached hydrogens (tertiary/aromatic N) is 3. The quantitative estimate of drug-likeness (QED) is 0.498. The van der Waals surface area contributed by atoms with Gasteiger partial charge in [-0.05, 0) is 26.8 Å². The third-order valence-electron chi connectivity index (χ3n) is 3.46. The standard InChI is InChI=1S/C15H17Cl2N3O3/c1-4-20-14(22)9(8-18-20)12(21)10-6-7-11(16)13(15(10,3)17)19-23-5-2/h6-8,22H,4-5H2,1-3H3. The number of aromatic hydroxyl groups is 1. The first-order valence-corrected chi connectivity index (χ1v) is 7.87. The molecule has 0 fully saturated rings. The van der Waals surface area contributed by atoms with Gasteiger partial charge in [0.05, 0.1) is 11.2 Å². The molecule has 1 heterocycles. The van der Waals surface area contributed by atoms with Gasteiger partial charge in [0.2, 0.25) is 5.88 Å². The van der Waals surface area contributed by atoms with Crippen molar-refractivity contribution in [3.05, 3.63) is 34.5 Å². The molecule has 1 aliphatic carbocycles. The fourth-order valence-electron chi connectivity index (χ4n) is 2.21. The van der Waals surface area contributed by atoms with Crippen LogP contribution < -0.4 is 0 Å². The van der Waals surface area contributed by atoms with Gasteiger partial charge in [-0.1, -0.05) is 22.8 Å². The highest BCUT2D eigenvalue weighted by Crippen LogP contribution is 2.37. The number of rotatable bonds is 5. The molecule has 0 amide bonds. The van der Waals surface area contributed by atoms with E-state index in [2.05, 4.69) is 10.3 Å². The van der Waals surface area contributed by atoms with E-state index in [4.69, 9.17) is 28.0 Å². The second-order valence-corrected chi connectivity index (χ2v) is 6.15. The van der Waals surface area contributed by atoms with Crippen molar-refractivity contribution in [1.29, 1.82) is 0 Å². The molecule has 1 unspecified atom stereocenters. The van der Waals surface area contributed by atoms with E-state index in [1.165, 1.54) is 23.0 Å². The molecule has 0 aliphatic heterocycles. The Morgan fingerprint density at radius 1 is 1.48 bits per heavy atom. The summed E-state index contributed by atoms with van der Waals surface area (Å²) in [7, 11) is 0. The second kappa shape index (κ2) is 6.76. The van der Waals surface area contributed by atoms with Gasteiger partial charge in [0.15, 0.2) is 5.78 Å². The van der Waals surface area contributed by atoms with Gasteiger partial charge in [0.1, 0.15) is 22.8 Å². The van der Waals surface area contributed by atoms with Crippen molar-refractivity contribution in [1.82, 2.24) is 9.78 Å². The van der Waals surface area contributed by atoms with E-state index in [9.17, 15) is 9.90 Å². The third kappa shape index (κ3) is 3.14. The maximum atomic E-state index is 12.8. The van der Waals surface area contributed by atoms with Crippen LogP contribution in [0.25, 0.3) is 0 Å². The Morgan fingerprint density at radius 2 is 2.17 bits per heavy atom. The Bertz CT molecular complexity index is 718. The van der Waals surface area contributed by atoms with Crippen LogP contribution >= 0.6 is 23.2 Å². The van der Waals surface area contributed by atoms with E-state index in [1.807, 2.05) is 6.92 Å². The predicted octanol–water partition coefficient (Wildman–Crippen LogP) is 3.24. The number of carbonyl (C=O) groups excluding carboxylic acids is 1. The molecule has 0 saturated heterocycles. The first-order chi connectivity index (χ1) is 10.8. The minimum atomic E-state index is -1.28. The first-order valence-electron chi connectivity index (χ1n) is 7.11. The van der Waals surface area contributed by atoms with Crippen LogP contribution in [0.2, 0.25) is 0 Å². The van der Waals surface area contributed by atoms with Crippen LogP contribution in [0, 0.1) is 0 Å². The Labute approximate surface area is 144 Å². The molecule has 23 heavy (non-hydrogen) atoms. The summed E-state index contributed by atoms with van der Waals surface area (Å²) in [6.07, 6.45) is 4.36. The topological polar surface area (TPSA) is 76.7 Å². The van der Waals surface area contributed by atoms with Crippen molar-refractivity contribution in [3.8, 4) is 5.88 Å². The molecule has 0 radical (unpaired) electrons. The minimum Gasteiger partial charge on any atom is -0.493 e. The summed E-state index contributed by atoms with van der Waals surface area (Å²) >= 11 is 12.7. The first kappa shape index (κ1) is 17.6. The summed E-state index contributed by atoms with van der Waals surface area (Å²) in [4.78, 5) is 16.5. The van der Waals surface area contributed by atoms with E-state index in [1.54, 1.807) is 13.8 Å². The molecule has 1 aromatic heterocycles. The van der Waals surface area contributed by atoms with Gasteiger partial charge in [-0.25, -0.2) is 4.68 Å². The molecular weight excluding hydrogens is 341 g/mol. The Morgan fingerprint density at radius 3 is 2.74 bits per heavy atom. The molecule has 1 N–H and O–H groups in total. The lowest BCUT2D eigenvalue weighted by molar-refractivity contribution is 0.102. The van der Waals surface area contributed by atoms with Crippen LogP contribution in [0.15, 0.2) is 34.1 Å². The highest BCUT2D eigenvalue weighted by atomic mass is 35.5. The van der Waals surface area contributed by atoms with Gasteiger partial charge in [-0.15, -0.1) is 11.6 Å². The molecule has 8 heteroatoms. The summed E-state index contributed by atoms with van der Waals surface area (Å²) in [5.74, 6) is -0.640. The Kier molecular flexibility index (Phi) is 5.16. The minimum absolute atomic E-state index is 0.0761. The highest BCUT2D eigenvalue weighted by molar-refractivity contribution is 6.54. The zero-order valence-electron chi connectivity index (χ0n) is 13.0. The summed E-state index contributed by atoms with van der Waals surface area (Å²) in [5, 5.41) is 18.2. The number of hydrogen-bond acceptors (Lipinski definition) is 5. The molecule has 1 atom stereocenters. The van der Waals surface area contributed by atoms with E-state index >= 15 is 0 Å². The molecule has 0 saturated carbocycles. The number of aromatic nitrogens is 2. The molecule has 1 aliphatic rings. The number of carbonyl (C=O) groups is 1. The normalized spacial score (nSPS) is 22.7. The van der Waals surface area contributed by atoms with Crippen LogP contribution in [0.3, 0.4) is 0 Å². The van der Waals surface area contributed by atoms with Gasteiger partial charge >= 0.3 is 0 Å². The van der Waals surface area contributed by atoms with Gasteiger partial charge in [0.25, 0.3) is 0 Å². The van der Waals surface area contributed by atoms with Crippen molar-refractivity contribution in [2.75, 3.05) is 6.61 Å². The number of halogens is 2. The molecule has 6 nitrogen and oxygen atoms in total. The van der Waals surface area contributed by atoms with Crippen molar-refractivity contribution in [2.24, 2.45) is 5.16 Å². The fraction of sp³-hybridized carbons (Fsp3) is 0.400. The lowest BCUT2D eigenvalue weighted by Crippen LogP contribution is -2.37. The number of hydrogen-bond donors (Lipinski definition) is 1. The molecular formula is C15H17Cl2N3O3. The number of ketones is 1. The largest absolute Gasteiger partial charge is 0.493 e. The molecule has 0 aromatic carbocycles. The zero-order chi connectivity index (χ0) is 17.2. The summed E-state index contributed by atoms with van der Waals surface area (Å²) in [6.45, 7) is 5.97. The molecule has 124 valence electrons. The molecule has 1 aromatic rings. The number of aryl methyl sites for hydroxylation is 1. The van der Waals surface area contributed by atoms with E-state index in [0.717, 1.165) is 0 Å². The number of allylic oxidation sites excluding steroid dienone is 4. The van der Waals surface area contributed by atoms with Crippen LogP contribution in [-0.4, -0.2) is 37.9 Å². The van der Waals surface area contributed by atoms with Crippen molar-refractivity contribution in [3.63, 3.8) is 0 Å². The van der Waals surface area contributed by atoms with Crippen molar-refractivity contribution in [2.45, 2.75) is 32.2 Å². The monoisotopic (exact) mass is 357 g/mol. The smallest absolute Gasteiger partial charge is 0.220 e. The maximum absolute atomic E-state index is 12.8. The number of oxime groups is 1. The zero-order valence-corrected chi connectivity index (χ0v) is 14.5. The average Bonchev–Trinajstić information content (AvgIpc) is 2.87. The van der Waals surface area contributed by atoms with Crippen LogP contribution in [0.5, 0.6) is 5.88 Å². The number of alkyl halides is 1. The predicted molar refractivity (Wildman–Crippen MR) is 89.2 cm³/mol. The lowest BCUT2D eigenvalue weighted by Gasteiger charge is -2.28. The van der Waals surface area contributed by atoms with Crippen LogP contribution in [0.1, 0.15) is 31.1 Å². The Balaban J connectivity index is 2.45. The van der Waals surface area contributed by atoms with Gasteiger partial charge < -0.3 is 9.94 Å². The fourth-order valence-corrected chi connectivity index (χ4v) is 2.83. The summed E-state index contributed by atoms with van der Waals surface area (Å²) in [5.41, 5.74) is 0.552.